The minimum Gasteiger partial charge on any atom is -0.328 e. The summed E-state index contributed by atoms with van der Waals surface area (Å²) in [5.74, 6) is 0.416. The summed E-state index contributed by atoms with van der Waals surface area (Å²) in [4.78, 5) is 4.86. The molecular weight excluding hydrogens is 270 g/mol. The highest BCUT2D eigenvalue weighted by Crippen LogP contribution is 2.57. The SMILES string of the molecule is O=P(Cl)(Cl)OOc1cccc2ccccc12. The minimum atomic E-state index is -3.69. The molecule has 2 rings (SSSR count). The summed E-state index contributed by atoms with van der Waals surface area (Å²) in [5.41, 5.74) is 0. The number of benzene rings is 2. The lowest BCUT2D eigenvalue weighted by atomic mass is 10.1. The van der Waals surface area contributed by atoms with E-state index in [-0.39, 0.29) is 0 Å². The van der Waals surface area contributed by atoms with Crippen LogP contribution in [0.25, 0.3) is 10.8 Å². The highest BCUT2D eigenvalue weighted by Gasteiger charge is 2.17. The first-order chi connectivity index (χ1) is 7.56. The van der Waals surface area contributed by atoms with Gasteiger partial charge in [0.15, 0.2) is 5.75 Å². The molecule has 84 valence electrons. The fourth-order valence-corrected chi connectivity index (χ4v) is 1.69. The van der Waals surface area contributed by atoms with Gasteiger partial charge in [-0.25, -0.2) is 0 Å². The van der Waals surface area contributed by atoms with Crippen molar-refractivity contribution >= 4 is 39.3 Å². The minimum absolute atomic E-state index is 0.416. The summed E-state index contributed by atoms with van der Waals surface area (Å²) < 4.78 is 15.3. The predicted octanol–water partition coefficient (Wildman–Crippen LogP) is 4.74. The van der Waals surface area contributed by atoms with Crippen molar-refractivity contribution in [2.75, 3.05) is 0 Å². The van der Waals surface area contributed by atoms with Crippen LogP contribution in [0.4, 0.5) is 0 Å². The molecule has 0 saturated carbocycles. The highest BCUT2D eigenvalue weighted by atomic mass is 35.9. The number of rotatable bonds is 3. The average Bonchev–Trinajstić information content (AvgIpc) is 2.25. The van der Waals surface area contributed by atoms with E-state index in [1.165, 1.54) is 0 Å². The predicted molar refractivity (Wildman–Crippen MR) is 65.0 cm³/mol. The summed E-state index contributed by atoms with van der Waals surface area (Å²) in [6.45, 7) is 0. The molecule has 0 spiro atoms. The van der Waals surface area contributed by atoms with Crippen LogP contribution in [0, 0.1) is 0 Å². The molecule has 3 nitrogen and oxygen atoms in total. The van der Waals surface area contributed by atoms with Gasteiger partial charge in [0.25, 0.3) is 0 Å². The Morgan fingerprint density at radius 3 is 2.44 bits per heavy atom. The van der Waals surface area contributed by atoms with Crippen molar-refractivity contribution in [2.45, 2.75) is 0 Å². The third kappa shape index (κ3) is 2.89. The van der Waals surface area contributed by atoms with Crippen LogP contribution in [-0.4, -0.2) is 0 Å². The maximum atomic E-state index is 10.9. The van der Waals surface area contributed by atoms with Crippen LogP contribution in [0.1, 0.15) is 0 Å². The molecule has 0 atom stereocenters. The normalized spacial score (nSPS) is 11.6. The van der Waals surface area contributed by atoms with Crippen LogP contribution in [-0.2, 0) is 9.24 Å². The fraction of sp³-hybridized carbons (Fsp3) is 0. The van der Waals surface area contributed by atoms with Gasteiger partial charge in [-0.05, 0) is 33.9 Å². The number of halogens is 2. The lowest BCUT2D eigenvalue weighted by Crippen LogP contribution is -1.90. The van der Waals surface area contributed by atoms with E-state index >= 15 is 0 Å². The molecule has 0 heterocycles. The van der Waals surface area contributed by atoms with Gasteiger partial charge in [-0.2, -0.15) is 0 Å². The third-order valence-electron chi connectivity index (χ3n) is 1.96. The zero-order chi connectivity index (χ0) is 11.6. The first-order valence-corrected chi connectivity index (χ1v) is 7.83. The van der Waals surface area contributed by atoms with E-state index in [0.717, 1.165) is 10.8 Å². The van der Waals surface area contributed by atoms with Crippen molar-refractivity contribution in [2.24, 2.45) is 0 Å². The number of hydrogen-bond acceptors (Lipinski definition) is 3. The molecule has 0 radical (unpaired) electrons. The Morgan fingerprint density at radius 2 is 1.69 bits per heavy atom. The van der Waals surface area contributed by atoms with Gasteiger partial charge in [-0.15, -0.1) is 0 Å². The van der Waals surface area contributed by atoms with Gasteiger partial charge < -0.3 is 4.89 Å². The summed E-state index contributed by atoms with van der Waals surface area (Å²) in [5, 5.41) is 1.80. The van der Waals surface area contributed by atoms with Crippen molar-refractivity contribution in [3.63, 3.8) is 0 Å². The molecule has 0 aromatic heterocycles. The molecule has 2 aromatic carbocycles. The average molecular weight is 277 g/mol. The number of fused-ring (bicyclic) bond motifs is 1. The van der Waals surface area contributed by atoms with Crippen molar-refractivity contribution in [3.8, 4) is 5.75 Å². The van der Waals surface area contributed by atoms with E-state index in [4.69, 9.17) is 27.4 Å². The second-order valence-corrected chi connectivity index (χ2v) is 7.22. The molecule has 0 bridgehead atoms. The fourth-order valence-electron chi connectivity index (χ4n) is 1.35. The van der Waals surface area contributed by atoms with Crippen LogP contribution in [0.5, 0.6) is 5.75 Å². The van der Waals surface area contributed by atoms with Crippen molar-refractivity contribution < 1.29 is 14.1 Å². The second-order valence-electron chi connectivity index (χ2n) is 3.05. The highest BCUT2D eigenvalue weighted by molar-refractivity contribution is 8.05. The van der Waals surface area contributed by atoms with Gasteiger partial charge >= 0.3 is 6.07 Å². The van der Waals surface area contributed by atoms with Gasteiger partial charge in [0, 0.05) is 5.39 Å². The third-order valence-corrected chi connectivity index (χ3v) is 2.55. The molecule has 0 fully saturated rings. The maximum Gasteiger partial charge on any atom is 0.417 e. The molecular formula is C10H7Cl2O3P. The Balaban J connectivity index is 2.34. The molecule has 0 amide bonds. The van der Waals surface area contributed by atoms with Crippen molar-refractivity contribution in [1.29, 1.82) is 0 Å². The number of hydrogen-bond donors (Lipinski definition) is 0. The Labute approximate surface area is 102 Å². The van der Waals surface area contributed by atoms with E-state index in [2.05, 4.69) is 4.67 Å². The van der Waals surface area contributed by atoms with Gasteiger partial charge in [0.2, 0.25) is 0 Å². The Hall–Kier alpha value is -0.730. The molecule has 16 heavy (non-hydrogen) atoms. The van der Waals surface area contributed by atoms with E-state index in [1.807, 2.05) is 30.3 Å². The standard InChI is InChI=1S/C10H7Cl2O3P/c11-16(12,13)15-14-10-7-3-5-8-4-1-2-6-9(8)10/h1-7H. The molecule has 2 aromatic rings. The monoisotopic (exact) mass is 276 g/mol. The Morgan fingerprint density at radius 1 is 1.00 bits per heavy atom. The molecule has 0 aliphatic rings. The van der Waals surface area contributed by atoms with Gasteiger partial charge in [0.05, 0.1) is 0 Å². The second kappa shape index (κ2) is 4.64. The summed E-state index contributed by atoms with van der Waals surface area (Å²) in [7, 11) is 0. The van der Waals surface area contributed by atoms with E-state index < -0.39 is 6.07 Å². The summed E-state index contributed by atoms with van der Waals surface area (Å²) in [6.07, 6.45) is -3.69. The van der Waals surface area contributed by atoms with Crippen LogP contribution in [0.3, 0.4) is 0 Å². The maximum absolute atomic E-state index is 10.9. The van der Waals surface area contributed by atoms with E-state index in [9.17, 15) is 4.57 Å². The molecule has 0 aliphatic carbocycles. The zero-order valence-electron chi connectivity index (χ0n) is 7.97. The van der Waals surface area contributed by atoms with Gasteiger partial charge in [-0.1, -0.05) is 41.1 Å². The molecule has 0 saturated heterocycles. The largest absolute Gasteiger partial charge is 0.417 e. The van der Waals surface area contributed by atoms with Crippen molar-refractivity contribution in [1.82, 2.24) is 0 Å². The van der Waals surface area contributed by atoms with Gasteiger partial charge in [-0.3, -0.25) is 4.57 Å². The van der Waals surface area contributed by atoms with Crippen LogP contribution in [0.2, 0.25) is 0 Å². The lowest BCUT2D eigenvalue weighted by molar-refractivity contribution is -0.0890. The molecule has 0 N–H and O–H groups in total. The van der Waals surface area contributed by atoms with Crippen LogP contribution < -0.4 is 4.89 Å². The molecule has 0 unspecified atom stereocenters. The van der Waals surface area contributed by atoms with Crippen LogP contribution >= 0.6 is 28.6 Å². The topological polar surface area (TPSA) is 35.5 Å². The summed E-state index contributed by atoms with van der Waals surface area (Å²) >= 11 is 10.4. The lowest BCUT2D eigenvalue weighted by Gasteiger charge is -2.07. The smallest absolute Gasteiger partial charge is 0.328 e. The Kier molecular flexibility index (Phi) is 3.41. The van der Waals surface area contributed by atoms with E-state index in [0.29, 0.717) is 5.75 Å². The van der Waals surface area contributed by atoms with Crippen LogP contribution in [0.15, 0.2) is 42.5 Å². The van der Waals surface area contributed by atoms with Crippen molar-refractivity contribution in [3.05, 3.63) is 42.5 Å². The molecule has 6 heteroatoms. The first-order valence-electron chi connectivity index (χ1n) is 4.40. The zero-order valence-corrected chi connectivity index (χ0v) is 10.4. The summed E-state index contributed by atoms with van der Waals surface area (Å²) in [6, 6.07) is 12.9. The first kappa shape index (κ1) is 11.7. The Bertz CT molecular complexity index is 547. The molecule has 0 aliphatic heterocycles. The quantitative estimate of drug-likeness (QED) is 0.462. The van der Waals surface area contributed by atoms with E-state index in [1.54, 1.807) is 12.1 Å². The van der Waals surface area contributed by atoms with Gasteiger partial charge in [0.1, 0.15) is 0 Å².